The summed E-state index contributed by atoms with van der Waals surface area (Å²) in [6.07, 6.45) is 7.00. The van der Waals surface area contributed by atoms with Gasteiger partial charge in [-0.25, -0.2) is 4.98 Å². The molecule has 0 saturated carbocycles. The number of imidazole rings is 1. The van der Waals surface area contributed by atoms with Crippen molar-refractivity contribution in [1.82, 2.24) is 14.0 Å². The molecule has 3 nitrogen and oxygen atoms in total. The molecule has 0 saturated heterocycles. The first-order valence-electron chi connectivity index (χ1n) is 12.7. The van der Waals surface area contributed by atoms with Gasteiger partial charge in [0.2, 0.25) is 0 Å². The number of hydrogen-bond acceptors (Lipinski definition) is 2. The van der Waals surface area contributed by atoms with Gasteiger partial charge in [0.15, 0.2) is 5.65 Å². The molecule has 3 aromatic heterocycles. The van der Waals surface area contributed by atoms with Crippen molar-refractivity contribution >= 4 is 67.6 Å². The molecule has 0 fully saturated rings. The molecule has 7 aromatic rings. The van der Waals surface area contributed by atoms with Gasteiger partial charge in [-0.1, -0.05) is 90.7 Å². The fraction of sp³-hybridized carbons (Fsp3) is 0.0294. The molecule has 0 amide bonds. The second-order valence-electron chi connectivity index (χ2n) is 9.54. The predicted octanol–water partition coefficient (Wildman–Crippen LogP) is 8.37. The van der Waals surface area contributed by atoms with E-state index in [1.165, 1.54) is 10.8 Å². The summed E-state index contributed by atoms with van der Waals surface area (Å²) >= 11 is 4.93. The van der Waals surface area contributed by atoms with E-state index in [4.69, 9.17) is 17.6 Å². The molecule has 0 bridgehead atoms. The van der Waals surface area contributed by atoms with Crippen molar-refractivity contribution in [2.45, 2.75) is 11.3 Å². The van der Waals surface area contributed by atoms with E-state index < -0.39 is 0 Å². The van der Waals surface area contributed by atoms with Crippen LogP contribution in [0.1, 0.15) is 12.0 Å². The van der Waals surface area contributed by atoms with Gasteiger partial charge in [-0.2, -0.15) is 0 Å². The topological polar surface area (TPSA) is 22.2 Å². The van der Waals surface area contributed by atoms with Crippen LogP contribution in [0.25, 0.3) is 60.6 Å². The summed E-state index contributed by atoms with van der Waals surface area (Å²) in [7, 11) is 0. The summed E-state index contributed by atoms with van der Waals surface area (Å²) < 4.78 is 4.67. The van der Waals surface area contributed by atoms with E-state index in [-0.39, 0.29) is 0 Å². The van der Waals surface area contributed by atoms with Gasteiger partial charge in [-0.05, 0) is 35.7 Å². The Kier molecular flexibility index (Phi) is 4.58. The molecule has 0 radical (unpaired) electrons. The lowest BCUT2D eigenvalue weighted by Crippen LogP contribution is -2.03. The van der Waals surface area contributed by atoms with Crippen molar-refractivity contribution in [2.75, 3.05) is 0 Å². The van der Waals surface area contributed by atoms with E-state index in [1.54, 1.807) is 0 Å². The van der Waals surface area contributed by atoms with E-state index in [0.29, 0.717) is 0 Å². The van der Waals surface area contributed by atoms with Crippen LogP contribution in [-0.4, -0.2) is 14.0 Å². The van der Waals surface area contributed by atoms with E-state index in [0.717, 1.165) is 66.8 Å². The zero-order chi connectivity index (χ0) is 25.2. The molecule has 0 aliphatic heterocycles. The molecular weight excluding hydrogens is 482 g/mol. The summed E-state index contributed by atoms with van der Waals surface area (Å²) in [5.41, 5.74) is 8.26. The Bertz CT molecular complexity index is 2230. The lowest BCUT2D eigenvalue weighted by Gasteiger charge is -2.16. The largest absolute Gasteiger partial charge is 0.293 e. The standard InChI is InChI=1S/C34H21N3S/c38-30-21-11-20-29(31(30)22-12-3-1-2-4-13-22)36-28-19-10-8-17-26(28)32-34(36)37-27-18-9-7-15-24(27)23-14-5-6-16-25(23)33(37)35-32/h1,3,5-12,14-21,38H,2H2. The number of rotatable bonds is 2. The minimum absolute atomic E-state index is 0.743. The van der Waals surface area contributed by atoms with E-state index in [2.05, 4.69) is 124 Å². The van der Waals surface area contributed by atoms with Gasteiger partial charge in [0.05, 0.1) is 16.7 Å². The molecule has 4 heteroatoms. The molecule has 8 rings (SSSR count). The smallest absolute Gasteiger partial charge is 0.151 e. The van der Waals surface area contributed by atoms with Crippen molar-refractivity contribution in [3.8, 4) is 17.5 Å². The summed E-state index contributed by atoms with van der Waals surface area (Å²) in [4.78, 5) is 6.21. The van der Waals surface area contributed by atoms with Crippen LogP contribution in [0, 0.1) is 11.8 Å². The van der Waals surface area contributed by atoms with Crippen molar-refractivity contribution in [2.24, 2.45) is 0 Å². The molecule has 1 aliphatic rings. The number of para-hydroxylation sites is 2. The van der Waals surface area contributed by atoms with Gasteiger partial charge in [-0.15, -0.1) is 12.6 Å². The number of allylic oxidation sites excluding steroid dienone is 4. The average molecular weight is 504 g/mol. The highest BCUT2D eigenvalue weighted by molar-refractivity contribution is 7.80. The van der Waals surface area contributed by atoms with Crippen LogP contribution in [0.4, 0.5) is 0 Å². The highest BCUT2D eigenvalue weighted by Gasteiger charge is 2.23. The van der Waals surface area contributed by atoms with Crippen molar-refractivity contribution in [1.29, 1.82) is 0 Å². The number of aromatic nitrogens is 3. The molecule has 0 atom stereocenters. The fourth-order valence-electron chi connectivity index (χ4n) is 5.86. The Labute approximate surface area is 224 Å². The van der Waals surface area contributed by atoms with Gasteiger partial charge in [0, 0.05) is 38.6 Å². The number of thiol groups is 1. The van der Waals surface area contributed by atoms with Gasteiger partial charge >= 0.3 is 0 Å². The third-order valence-electron chi connectivity index (χ3n) is 7.44. The zero-order valence-electron chi connectivity index (χ0n) is 20.4. The summed E-state index contributed by atoms with van der Waals surface area (Å²) in [5.74, 6) is 6.66. The molecular formula is C34H21N3S. The van der Waals surface area contributed by atoms with Crippen LogP contribution in [-0.2, 0) is 0 Å². The van der Waals surface area contributed by atoms with Crippen LogP contribution in [0.5, 0.6) is 0 Å². The van der Waals surface area contributed by atoms with Crippen LogP contribution in [0.3, 0.4) is 0 Å². The molecule has 38 heavy (non-hydrogen) atoms. The van der Waals surface area contributed by atoms with Crippen LogP contribution < -0.4 is 0 Å². The molecule has 0 N–H and O–H groups in total. The average Bonchev–Trinajstić information content (AvgIpc) is 3.36. The second kappa shape index (κ2) is 8.14. The van der Waals surface area contributed by atoms with E-state index in [1.807, 2.05) is 6.07 Å². The van der Waals surface area contributed by atoms with Gasteiger partial charge < -0.3 is 0 Å². The maximum atomic E-state index is 5.32. The monoisotopic (exact) mass is 503 g/mol. The number of pyridine rings is 1. The Morgan fingerprint density at radius 3 is 2.34 bits per heavy atom. The first-order valence-corrected chi connectivity index (χ1v) is 13.2. The van der Waals surface area contributed by atoms with Crippen molar-refractivity contribution < 1.29 is 0 Å². The molecule has 178 valence electrons. The lowest BCUT2D eigenvalue weighted by atomic mass is 10.0. The summed E-state index contributed by atoms with van der Waals surface area (Å²) in [6, 6.07) is 32.0. The Hall–Kier alpha value is -4.72. The Morgan fingerprint density at radius 1 is 0.737 bits per heavy atom. The number of nitrogens with zero attached hydrogens (tertiary/aromatic N) is 3. The maximum Gasteiger partial charge on any atom is 0.151 e. The van der Waals surface area contributed by atoms with Gasteiger partial charge in [0.25, 0.3) is 0 Å². The molecule has 0 unspecified atom stereocenters. The lowest BCUT2D eigenvalue weighted by molar-refractivity contribution is 1.10. The summed E-state index contributed by atoms with van der Waals surface area (Å²) in [6.45, 7) is 0. The Morgan fingerprint density at radius 2 is 1.47 bits per heavy atom. The van der Waals surface area contributed by atoms with Gasteiger partial charge in [0.1, 0.15) is 11.2 Å². The second-order valence-corrected chi connectivity index (χ2v) is 10.0. The van der Waals surface area contributed by atoms with Crippen LogP contribution in [0.2, 0.25) is 0 Å². The highest BCUT2D eigenvalue weighted by Crippen LogP contribution is 2.40. The zero-order valence-corrected chi connectivity index (χ0v) is 21.3. The molecule has 4 aromatic carbocycles. The van der Waals surface area contributed by atoms with Crippen LogP contribution >= 0.6 is 12.6 Å². The van der Waals surface area contributed by atoms with Crippen LogP contribution in [0.15, 0.2) is 114 Å². The Balaban J connectivity index is 1.63. The number of benzene rings is 4. The van der Waals surface area contributed by atoms with E-state index in [9.17, 15) is 0 Å². The fourth-order valence-corrected chi connectivity index (χ4v) is 6.18. The predicted molar refractivity (Wildman–Crippen MR) is 161 cm³/mol. The molecule has 3 heterocycles. The summed E-state index contributed by atoms with van der Waals surface area (Å²) in [5, 5.41) is 4.68. The third-order valence-corrected chi connectivity index (χ3v) is 7.81. The van der Waals surface area contributed by atoms with Crippen molar-refractivity contribution in [3.05, 3.63) is 115 Å². The van der Waals surface area contributed by atoms with Gasteiger partial charge in [-0.3, -0.25) is 8.97 Å². The molecule has 0 spiro atoms. The van der Waals surface area contributed by atoms with Crippen molar-refractivity contribution in [3.63, 3.8) is 0 Å². The third kappa shape index (κ3) is 2.91. The first kappa shape index (κ1) is 21.4. The quantitative estimate of drug-likeness (QED) is 0.143. The maximum absolute atomic E-state index is 5.32. The normalized spacial score (nSPS) is 13.3. The number of hydrogen-bond donors (Lipinski definition) is 1. The van der Waals surface area contributed by atoms with E-state index >= 15 is 0 Å². The number of fused-ring (bicyclic) bond motifs is 10. The molecule has 1 aliphatic carbocycles. The first-order chi connectivity index (χ1) is 18.8. The SMILES string of the molecule is Sc1cccc(-n2c3ccccc3c3nc4c5ccccc5c5ccccc5n4c32)c1C1=CC=CCC#C1. The highest BCUT2D eigenvalue weighted by atomic mass is 32.1. The minimum atomic E-state index is 0.743. The minimum Gasteiger partial charge on any atom is -0.293 e.